The molecule has 586 valence electrons. The zero-order chi connectivity index (χ0) is 82.6. The highest BCUT2D eigenvalue weighted by Crippen LogP contribution is 2.50. The second-order valence-electron chi connectivity index (χ2n) is 31.6. The number of nitrogens with zero attached hydrogens (tertiary/aromatic N) is 12. The van der Waals surface area contributed by atoms with Crippen LogP contribution in [0.2, 0.25) is 0 Å². The molecule has 0 saturated carbocycles. The van der Waals surface area contributed by atoms with Gasteiger partial charge in [-0.15, -0.1) is 45.3 Å². The van der Waals surface area contributed by atoms with Crippen LogP contribution < -0.4 is 0 Å². The van der Waals surface area contributed by atoms with Crippen molar-refractivity contribution in [3.63, 3.8) is 0 Å². The Bertz CT molecular complexity index is 8920. The Kier molecular flexibility index (Phi) is 16.5. The lowest BCUT2D eigenvalue weighted by atomic mass is 9.98. The van der Waals surface area contributed by atoms with Gasteiger partial charge in [0.05, 0.1) is 53.9 Å². The van der Waals surface area contributed by atoms with Crippen molar-refractivity contribution in [2.45, 2.75) is 0 Å². The molecule has 10 heterocycles. The van der Waals surface area contributed by atoms with E-state index in [1.807, 2.05) is 36.4 Å². The van der Waals surface area contributed by atoms with E-state index in [4.69, 9.17) is 49.8 Å². The monoisotopic (exact) mass is 1680 g/mol. The Labute approximate surface area is 735 Å². The van der Waals surface area contributed by atoms with Gasteiger partial charge in [-0.05, 0) is 120 Å². The van der Waals surface area contributed by atoms with Crippen LogP contribution in [0.15, 0.2) is 376 Å². The summed E-state index contributed by atoms with van der Waals surface area (Å²) in [5, 5.41) is 11.4. The average molecular weight is 1680 g/mol. The van der Waals surface area contributed by atoms with Gasteiger partial charge in [0, 0.05) is 149 Å². The maximum Gasteiger partial charge on any atom is 0.165 e. The molecule has 0 bridgehead atoms. The lowest BCUT2D eigenvalue weighted by Gasteiger charge is -2.11. The van der Waals surface area contributed by atoms with Gasteiger partial charge in [0.1, 0.15) is 0 Å². The van der Waals surface area contributed by atoms with Crippen LogP contribution >= 0.6 is 45.3 Å². The number of rotatable bonds is 13. The number of fused-ring (bicyclic) bond motifs is 18. The largest absolute Gasteiger partial charge is 0.309 e. The third-order valence-corrected chi connectivity index (χ3v) is 29.0. The second-order valence-corrected chi connectivity index (χ2v) is 35.8. The first-order valence-electron chi connectivity index (χ1n) is 41.7. The molecule has 0 spiro atoms. The third kappa shape index (κ3) is 11.7. The predicted octanol–water partition coefficient (Wildman–Crippen LogP) is 29.6. The van der Waals surface area contributed by atoms with Crippen molar-refractivity contribution in [3.05, 3.63) is 376 Å². The first kappa shape index (κ1) is 71.9. The van der Waals surface area contributed by atoms with Crippen molar-refractivity contribution in [2.75, 3.05) is 0 Å². The molecule has 0 unspecified atom stereocenters. The number of benzene rings is 16. The molecule has 0 radical (unpaired) electrons. The van der Waals surface area contributed by atoms with Gasteiger partial charge in [0.2, 0.25) is 0 Å². The Morgan fingerprint density at radius 2 is 0.524 bits per heavy atom. The molecule has 0 amide bonds. The first-order valence-corrected chi connectivity index (χ1v) is 45.0. The standard InChI is InChI=1S/C110H62N12S4/c1-5-25-63(26-6-1)95-102-98(113-107(111-95)70-54-59-76-77-38-21-41-83(99(77)125-91(76)62-70)109-117-103(65-29-9-3-10-30-65)115-105(119-109)67-49-55-71(56-50-67)121-85-43-17-13-33-74(85)75-34-14-18-44-86(75)121)80-60-53-69(61-92(80)126-102)73-37-23-46-88-93(73)78-35-15-19-45-87(78)122(88)72-57-51-68(52-58-72)106-116-104(66-31-11-4-12-32-66)118-110(120-106)84-42-22-39-81-94-82(40-24-48-90(94)124-100(81)84)108-112-96(64-27-7-2-8-28-64)101-97(114-108)79-36-16-20-47-89(79)123-101/h1-62H. The molecule has 0 saturated heterocycles. The Balaban J connectivity index is 0.543. The molecular weight excluding hydrogens is 1620 g/mol. The highest BCUT2D eigenvalue weighted by Gasteiger charge is 2.27. The summed E-state index contributed by atoms with van der Waals surface area (Å²) in [6.07, 6.45) is 0. The van der Waals surface area contributed by atoms with E-state index in [0.717, 1.165) is 193 Å². The van der Waals surface area contributed by atoms with Gasteiger partial charge < -0.3 is 9.13 Å². The summed E-state index contributed by atoms with van der Waals surface area (Å²) in [5.41, 5.74) is 21.9. The fraction of sp³-hybridized carbons (Fsp3) is 0. The van der Waals surface area contributed by atoms with Crippen LogP contribution in [0.4, 0.5) is 0 Å². The van der Waals surface area contributed by atoms with Crippen LogP contribution in [0.5, 0.6) is 0 Å². The van der Waals surface area contributed by atoms with Gasteiger partial charge in [-0.1, -0.05) is 267 Å². The number of para-hydroxylation sites is 3. The predicted molar refractivity (Wildman–Crippen MR) is 524 cm³/mol. The topological polar surface area (TPSA) is 139 Å². The molecule has 126 heavy (non-hydrogen) atoms. The minimum absolute atomic E-state index is 0.576. The summed E-state index contributed by atoms with van der Waals surface area (Å²) in [7, 11) is 0. The summed E-state index contributed by atoms with van der Waals surface area (Å²) < 4.78 is 13.5. The summed E-state index contributed by atoms with van der Waals surface area (Å²) in [5.74, 6) is 4.92. The molecule has 0 N–H and O–H groups in total. The van der Waals surface area contributed by atoms with Crippen molar-refractivity contribution in [1.29, 1.82) is 0 Å². The van der Waals surface area contributed by atoms with E-state index in [1.54, 1.807) is 45.3 Å². The van der Waals surface area contributed by atoms with E-state index >= 15 is 0 Å². The lowest BCUT2D eigenvalue weighted by Crippen LogP contribution is -2.00. The van der Waals surface area contributed by atoms with Crippen molar-refractivity contribution >= 4 is 170 Å². The van der Waals surface area contributed by atoms with Crippen molar-refractivity contribution in [2.24, 2.45) is 0 Å². The van der Waals surface area contributed by atoms with E-state index < -0.39 is 0 Å². The van der Waals surface area contributed by atoms with Gasteiger partial charge in [0.15, 0.2) is 46.6 Å². The van der Waals surface area contributed by atoms with Gasteiger partial charge in [-0.2, -0.15) is 0 Å². The normalized spacial score (nSPS) is 12.0. The van der Waals surface area contributed by atoms with Crippen molar-refractivity contribution in [1.82, 2.24) is 59.0 Å². The highest BCUT2D eigenvalue weighted by atomic mass is 32.1. The fourth-order valence-corrected chi connectivity index (χ4v) is 23.3. The first-order chi connectivity index (χ1) is 62.4. The van der Waals surface area contributed by atoms with Crippen molar-refractivity contribution in [3.8, 4) is 136 Å². The van der Waals surface area contributed by atoms with E-state index in [9.17, 15) is 0 Å². The third-order valence-electron chi connectivity index (χ3n) is 24.3. The number of aromatic nitrogens is 12. The molecule has 16 aromatic carbocycles. The molecule has 0 aliphatic heterocycles. The Morgan fingerprint density at radius 1 is 0.175 bits per heavy atom. The molecule has 0 aliphatic rings. The fourth-order valence-electron chi connectivity index (χ4n) is 18.5. The minimum atomic E-state index is 0.576. The van der Waals surface area contributed by atoms with Gasteiger partial charge in [-0.3, -0.25) is 0 Å². The van der Waals surface area contributed by atoms with Crippen LogP contribution in [-0.4, -0.2) is 59.0 Å². The zero-order valence-corrected chi connectivity index (χ0v) is 70.1. The highest BCUT2D eigenvalue weighted by molar-refractivity contribution is 7.27. The minimum Gasteiger partial charge on any atom is -0.309 e. The lowest BCUT2D eigenvalue weighted by molar-refractivity contribution is 1.07. The van der Waals surface area contributed by atoms with Crippen molar-refractivity contribution < 1.29 is 0 Å². The quantitative estimate of drug-likeness (QED) is 0.110. The molecule has 16 heteroatoms. The molecule has 10 aromatic heterocycles. The van der Waals surface area contributed by atoms with Crippen LogP contribution in [0.3, 0.4) is 0 Å². The molecule has 26 rings (SSSR count). The zero-order valence-electron chi connectivity index (χ0n) is 66.8. The SMILES string of the molecule is c1ccc(-c2nc(-c3ccc(-n4c5ccccc5c5ccccc54)cc3)nc(-c3cccc4c3sc3cc(-c5nc(-c6ccccc6)c6sc7cc(-c8cccc9c8c8ccccc8n9-c8ccc(-c9nc(-c%10ccccc%10)nc(-c%10cccc%11c%10sc%10cccc(-c%12nc(-c%13ccccc%13)c%13sc%14ccccc%14c%13n%12)c%10%11)n9)cc8)ccc7c6n5)ccc34)n2)cc1. The van der Waals surface area contributed by atoms with Crippen LogP contribution in [0.25, 0.3) is 261 Å². The average Bonchev–Trinajstić information content (AvgIpc) is 1.57. The maximum absolute atomic E-state index is 5.57. The summed E-state index contributed by atoms with van der Waals surface area (Å²) in [6, 6.07) is 133. The van der Waals surface area contributed by atoms with Gasteiger partial charge in [0.25, 0.3) is 0 Å². The van der Waals surface area contributed by atoms with Crippen LogP contribution in [-0.2, 0) is 0 Å². The molecular formula is C110H62N12S4. The van der Waals surface area contributed by atoms with E-state index in [1.165, 1.54) is 20.9 Å². The molecule has 0 atom stereocenters. The van der Waals surface area contributed by atoms with Gasteiger partial charge >= 0.3 is 0 Å². The number of thiophene rings is 4. The summed E-state index contributed by atoms with van der Waals surface area (Å²) in [4.78, 5) is 53.7. The Hall–Kier alpha value is -15.8. The number of hydrogen-bond donors (Lipinski definition) is 0. The van der Waals surface area contributed by atoms with E-state index in [2.05, 4.69) is 349 Å². The molecule has 26 aromatic rings. The smallest absolute Gasteiger partial charge is 0.165 e. The Morgan fingerprint density at radius 3 is 1.13 bits per heavy atom. The molecule has 0 aliphatic carbocycles. The molecule has 12 nitrogen and oxygen atoms in total. The second kappa shape index (κ2) is 28.9. The summed E-state index contributed by atoms with van der Waals surface area (Å²) >= 11 is 6.97. The number of hydrogen-bond acceptors (Lipinski definition) is 14. The molecule has 0 fully saturated rings. The van der Waals surface area contributed by atoms with E-state index in [-0.39, 0.29) is 0 Å². The van der Waals surface area contributed by atoms with Gasteiger partial charge in [-0.25, -0.2) is 49.8 Å². The maximum atomic E-state index is 5.57. The van der Waals surface area contributed by atoms with Crippen LogP contribution in [0, 0.1) is 0 Å². The summed E-state index contributed by atoms with van der Waals surface area (Å²) in [6.45, 7) is 0. The van der Waals surface area contributed by atoms with E-state index in [0.29, 0.717) is 46.6 Å². The van der Waals surface area contributed by atoms with Crippen LogP contribution in [0.1, 0.15) is 0 Å².